The third kappa shape index (κ3) is 3.90. The summed E-state index contributed by atoms with van der Waals surface area (Å²) in [6.07, 6.45) is 3.90. The van der Waals surface area contributed by atoms with E-state index in [2.05, 4.69) is 37.7 Å². The number of hydrogen-bond acceptors (Lipinski definition) is 6. The molecule has 2 N–H and O–H groups in total. The van der Waals surface area contributed by atoms with Gasteiger partial charge in [0.2, 0.25) is 5.95 Å². The average Bonchev–Trinajstić information content (AvgIpc) is 3.54. The van der Waals surface area contributed by atoms with Crippen molar-refractivity contribution in [3.05, 3.63) is 69.5 Å². The monoisotopic (exact) mass is 505 g/mol. The molecular formula is C27H29F2N7O. The molecule has 4 aromatic rings. The highest BCUT2D eigenvalue weighted by Gasteiger charge is 2.46. The first kappa shape index (κ1) is 23.7. The number of fused-ring (bicyclic) bond motifs is 3. The van der Waals surface area contributed by atoms with Crippen molar-refractivity contribution in [2.45, 2.75) is 64.2 Å². The van der Waals surface area contributed by atoms with Crippen molar-refractivity contribution in [3.8, 4) is 5.82 Å². The number of hydrogen-bond donors (Lipinski definition) is 2. The minimum absolute atomic E-state index is 0.196. The Kier molecular flexibility index (Phi) is 5.24. The molecule has 0 bridgehead atoms. The maximum Gasteiger partial charge on any atom is 0.278 e. The van der Waals surface area contributed by atoms with E-state index in [1.807, 2.05) is 19.9 Å². The average molecular weight is 506 g/mol. The summed E-state index contributed by atoms with van der Waals surface area (Å²) in [5, 5.41) is 7.06. The topological polar surface area (TPSA) is 89.7 Å². The van der Waals surface area contributed by atoms with Gasteiger partial charge in [0.1, 0.15) is 22.6 Å². The zero-order valence-corrected chi connectivity index (χ0v) is 21.3. The van der Waals surface area contributed by atoms with Gasteiger partial charge in [0.15, 0.2) is 11.5 Å². The largest absolute Gasteiger partial charge is 0.324 e. The van der Waals surface area contributed by atoms with Crippen molar-refractivity contribution in [2.24, 2.45) is 0 Å². The fraction of sp³-hybridized carbons (Fsp3) is 0.407. The molecule has 1 saturated carbocycles. The number of nitrogens with zero attached hydrogens (tertiary/aromatic N) is 5. The highest BCUT2D eigenvalue weighted by Crippen LogP contribution is 2.50. The number of halogens is 2. The van der Waals surface area contributed by atoms with Crippen molar-refractivity contribution in [3.63, 3.8) is 0 Å². The second-order valence-electron chi connectivity index (χ2n) is 10.8. The van der Waals surface area contributed by atoms with Gasteiger partial charge in [-0.3, -0.25) is 4.79 Å². The van der Waals surface area contributed by atoms with Crippen LogP contribution in [-0.2, 0) is 17.6 Å². The molecule has 1 fully saturated rings. The molecule has 0 unspecified atom stereocenters. The Morgan fingerprint density at radius 3 is 2.65 bits per heavy atom. The van der Waals surface area contributed by atoms with E-state index < -0.39 is 11.5 Å². The van der Waals surface area contributed by atoms with Crippen molar-refractivity contribution in [1.29, 1.82) is 0 Å². The smallest absolute Gasteiger partial charge is 0.278 e. The number of pyridine rings is 1. The van der Waals surface area contributed by atoms with Crippen molar-refractivity contribution < 1.29 is 8.78 Å². The van der Waals surface area contributed by atoms with E-state index in [9.17, 15) is 13.6 Å². The highest BCUT2D eigenvalue weighted by atomic mass is 19.1. The summed E-state index contributed by atoms with van der Waals surface area (Å²) in [7, 11) is 0. The van der Waals surface area contributed by atoms with Gasteiger partial charge in [-0.1, -0.05) is 6.07 Å². The van der Waals surface area contributed by atoms with Crippen LogP contribution in [0.25, 0.3) is 16.9 Å². The van der Waals surface area contributed by atoms with Gasteiger partial charge in [-0.05, 0) is 75.9 Å². The highest BCUT2D eigenvalue weighted by molar-refractivity contribution is 5.77. The van der Waals surface area contributed by atoms with Gasteiger partial charge in [-0.25, -0.2) is 28.1 Å². The summed E-state index contributed by atoms with van der Waals surface area (Å²) in [6.45, 7) is 8.02. The molecule has 37 heavy (non-hydrogen) atoms. The summed E-state index contributed by atoms with van der Waals surface area (Å²) < 4.78 is 32.1. The zero-order chi connectivity index (χ0) is 26.1. The van der Waals surface area contributed by atoms with E-state index in [0.717, 1.165) is 24.8 Å². The Morgan fingerprint density at radius 2 is 1.95 bits per heavy atom. The molecule has 1 spiro atoms. The second kappa shape index (κ2) is 8.17. The Labute approximate surface area is 212 Å². The van der Waals surface area contributed by atoms with Gasteiger partial charge < -0.3 is 10.6 Å². The van der Waals surface area contributed by atoms with Crippen LogP contribution >= 0.6 is 0 Å². The molecule has 0 amide bonds. The lowest BCUT2D eigenvalue weighted by molar-refractivity contribution is 0.205. The van der Waals surface area contributed by atoms with Gasteiger partial charge in [-0.2, -0.15) is 4.98 Å². The predicted octanol–water partition coefficient (Wildman–Crippen LogP) is 4.78. The fourth-order valence-corrected chi connectivity index (χ4v) is 5.31. The Balaban J connectivity index is 1.45. The van der Waals surface area contributed by atoms with Crippen LogP contribution in [0.4, 0.5) is 20.4 Å². The Bertz CT molecular complexity index is 1600. The molecule has 0 atom stereocenters. The molecule has 192 valence electrons. The molecule has 2 aliphatic rings. The normalized spacial score (nSPS) is 16.4. The molecule has 0 radical (unpaired) electrons. The number of rotatable bonds is 5. The van der Waals surface area contributed by atoms with Gasteiger partial charge in [-0.15, -0.1) is 0 Å². The van der Waals surface area contributed by atoms with Gasteiger partial charge in [0.05, 0.1) is 0 Å². The Hall–Kier alpha value is -3.66. The lowest BCUT2D eigenvalue weighted by Crippen LogP contribution is -2.33. The van der Waals surface area contributed by atoms with Crippen LogP contribution in [0.1, 0.15) is 63.4 Å². The summed E-state index contributed by atoms with van der Waals surface area (Å²) in [6, 6.07) is 8.63. The van der Waals surface area contributed by atoms with Gasteiger partial charge in [0, 0.05) is 36.4 Å². The number of alkyl halides is 1. The maximum atomic E-state index is 14.7. The van der Waals surface area contributed by atoms with Gasteiger partial charge >= 0.3 is 0 Å². The summed E-state index contributed by atoms with van der Waals surface area (Å²) in [4.78, 5) is 26.6. The molecule has 1 aliphatic carbocycles. The van der Waals surface area contributed by atoms with Crippen LogP contribution < -0.4 is 16.2 Å². The van der Waals surface area contributed by atoms with Crippen LogP contribution in [0.5, 0.6) is 0 Å². The van der Waals surface area contributed by atoms with Crippen LogP contribution in [0.2, 0.25) is 0 Å². The third-order valence-corrected chi connectivity index (χ3v) is 7.29. The summed E-state index contributed by atoms with van der Waals surface area (Å²) in [5.41, 5.74) is 1.45. The van der Waals surface area contributed by atoms with Crippen LogP contribution in [-0.4, -0.2) is 30.9 Å². The third-order valence-electron chi connectivity index (χ3n) is 7.29. The zero-order valence-electron chi connectivity index (χ0n) is 21.3. The fourth-order valence-electron chi connectivity index (χ4n) is 5.31. The molecule has 1 aliphatic heterocycles. The minimum Gasteiger partial charge on any atom is -0.324 e. The summed E-state index contributed by atoms with van der Waals surface area (Å²) in [5.74, 6) is -0.250. The van der Waals surface area contributed by atoms with Gasteiger partial charge in [0.25, 0.3) is 5.56 Å². The van der Waals surface area contributed by atoms with E-state index in [1.165, 1.54) is 59.4 Å². The predicted molar refractivity (Wildman–Crippen MR) is 138 cm³/mol. The van der Waals surface area contributed by atoms with E-state index in [4.69, 9.17) is 0 Å². The number of nitrogens with one attached hydrogen (secondary N) is 2. The lowest BCUT2D eigenvalue weighted by Gasteiger charge is -2.26. The molecule has 6 rings (SSSR count). The van der Waals surface area contributed by atoms with E-state index >= 15 is 0 Å². The van der Waals surface area contributed by atoms with E-state index in [0.29, 0.717) is 11.6 Å². The summed E-state index contributed by atoms with van der Waals surface area (Å²) >= 11 is 0. The molecule has 10 heteroatoms. The first-order valence-corrected chi connectivity index (χ1v) is 12.6. The van der Waals surface area contributed by atoms with E-state index in [1.54, 1.807) is 0 Å². The number of aromatic nitrogens is 5. The molecule has 8 nitrogen and oxygen atoms in total. The number of benzene rings is 1. The van der Waals surface area contributed by atoms with Crippen molar-refractivity contribution in [2.75, 3.05) is 11.9 Å². The maximum absolute atomic E-state index is 14.7. The van der Waals surface area contributed by atoms with Crippen molar-refractivity contribution >= 4 is 22.7 Å². The number of anilines is 2. The first-order chi connectivity index (χ1) is 17.6. The van der Waals surface area contributed by atoms with E-state index in [-0.39, 0.29) is 33.9 Å². The molecule has 0 saturated heterocycles. The second-order valence-corrected chi connectivity index (χ2v) is 10.8. The first-order valence-electron chi connectivity index (χ1n) is 12.6. The Morgan fingerprint density at radius 1 is 1.16 bits per heavy atom. The van der Waals surface area contributed by atoms with Crippen LogP contribution in [0.3, 0.4) is 0 Å². The SMILES string of the molecule is CC(C)n1c(=O)c2cnc(Nc3ccc4c(c3)CNCC43CC3)nc2n1-c1ccc(F)c(C(C)(C)F)n1. The van der Waals surface area contributed by atoms with Crippen molar-refractivity contribution in [1.82, 2.24) is 29.6 Å². The van der Waals surface area contributed by atoms with Crippen LogP contribution in [0, 0.1) is 5.82 Å². The molecule has 4 heterocycles. The lowest BCUT2D eigenvalue weighted by atomic mass is 9.88. The standard InChI is InChI=1S/C27H29F2N7O/c1-15(2)35-24(37)18-13-31-25(32-17-5-6-19-16(11-17)12-30-14-27(19)9-10-27)34-23(18)36(35)21-8-7-20(28)22(33-21)26(3,4)29/h5-8,11,13,15,30H,9-10,12,14H2,1-4H3,(H,31,32,34). The molecular weight excluding hydrogens is 476 g/mol. The molecule has 1 aromatic carbocycles. The van der Waals surface area contributed by atoms with Crippen LogP contribution in [0.15, 0.2) is 41.3 Å². The minimum atomic E-state index is -2.01. The quantitative estimate of drug-likeness (QED) is 0.406. The molecule has 3 aromatic heterocycles.